The summed E-state index contributed by atoms with van der Waals surface area (Å²) in [5, 5.41) is 9.94. The van der Waals surface area contributed by atoms with Crippen LogP contribution in [0.5, 0.6) is 11.5 Å². The number of hydrazine groups is 1. The molecule has 1 atom stereocenters. The monoisotopic (exact) mass is 348 g/mol. The van der Waals surface area contributed by atoms with E-state index in [1.54, 1.807) is 19.1 Å². The number of rotatable bonds is 4. The first-order valence-electron chi connectivity index (χ1n) is 7.19. The van der Waals surface area contributed by atoms with Gasteiger partial charge in [0.25, 0.3) is 11.8 Å². The van der Waals surface area contributed by atoms with Gasteiger partial charge in [0.2, 0.25) is 0 Å². The topological polar surface area (TPSA) is 87.7 Å². The van der Waals surface area contributed by atoms with Gasteiger partial charge >= 0.3 is 0 Å². The molecule has 1 unspecified atom stereocenters. The fourth-order valence-corrected chi connectivity index (χ4v) is 2.10. The van der Waals surface area contributed by atoms with E-state index in [0.717, 1.165) is 5.56 Å². The third-order valence-corrected chi connectivity index (χ3v) is 3.41. The Morgan fingerprint density at radius 3 is 2.62 bits per heavy atom. The Morgan fingerprint density at radius 1 is 1.17 bits per heavy atom. The summed E-state index contributed by atoms with van der Waals surface area (Å²) in [6.45, 7) is 3.47. The average molecular weight is 349 g/mol. The van der Waals surface area contributed by atoms with E-state index in [4.69, 9.17) is 16.3 Å². The lowest BCUT2D eigenvalue weighted by atomic mass is 10.2. The van der Waals surface area contributed by atoms with Gasteiger partial charge in [-0.2, -0.15) is 0 Å². The minimum atomic E-state index is -0.819. The standard InChI is InChI=1S/C17H17ClN2O4/c1-10-4-3-5-13(8-10)24-11(2)16(22)19-20-17(23)14-9-12(18)6-7-15(14)21/h3-9,11,21H,1-2H3,(H,19,22)(H,20,23). The van der Waals surface area contributed by atoms with Crippen molar-refractivity contribution in [2.75, 3.05) is 0 Å². The van der Waals surface area contributed by atoms with Crippen molar-refractivity contribution in [1.29, 1.82) is 0 Å². The molecule has 0 saturated carbocycles. The molecule has 6 nitrogen and oxygen atoms in total. The number of benzene rings is 2. The summed E-state index contributed by atoms with van der Waals surface area (Å²) in [6.07, 6.45) is -0.819. The molecule has 7 heteroatoms. The molecule has 3 N–H and O–H groups in total. The predicted octanol–water partition coefficient (Wildman–Crippen LogP) is 2.58. The summed E-state index contributed by atoms with van der Waals surface area (Å²) in [7, 11) is 0. The highest BCUT2D eigenvalue weighted by atomic mass is 35.5. The van der Waals surface area contributed by atoms with E-state index in [2.05, 4.69) is 10.9 Å². The minimum Gasteiger partial charge on any atom is -0.507 e. The summed E-state index contributed by atoms with van der Waals surface area (Å²) in [4.78, 5) is 23.9. The minimum absolute atomic E-state index is 0.0462. The van der Waals surface area contributed by atoms with Crippen LogP contribution in [0.15, 0.2) is 42.5 Å². The molecule has 0 bridgehead atoms. The molecule has 2 rings (SSSR count). The maximum Gasteiger partial charge on any atom is 0.279 e. The van der Waals surface area contributed by atoms with Crippen LogP contribution in [-0.2, 0) is 4.79 Å². The Balaban J connectivity index is 1.92. The molecule has 2 amide bonds. The molecule has 0 aromatic heterocycles. The molecular weight excluding hydrogens is 332 g/mol. The zero-order valence-electron chi connectivity index (χ0n) is 13.2. The summed E-state index contributed by atoms with van der Waals surface area (Å²) in [5.41, 5.74) is 5.41. The van der Waals surface area contributed by atoms with E-state index in [-0.39, 0.29) is 11.3 Å². The van der Waals surface area contributed by atoms with Gasteiger partial charge in [-0.15, -0.1) is 0 Å². The molecule has 0 fully saturated rings. The molecule has 0 radical (unpaired) electrons. The van der Waals surface area contributed by atoms with Crippen molar-refractivity contribution in [2.45, 2.75) is 20.0 Å². The van der Waals surface area contributed by atoms with Gasteiger partial charge in [0.05, 0.1) is 5.56 Å². The summed E-state index contributed by atoms with van der Waals surface area (Å²) < 4.78 is 5.50. The van der Waals surface area contributed by atoms with Crippen LogP contribution >= 0.6 is 11.6 Å². The Morgan fingerprint density at radius 2 is 1.92 bits per heavy atom. The number of nitrogens with one attached hydrogen (secondary N) is 2. The zero-order chi connectivity index (χ0) is 17.7. The number of aryl methyl sites for hydroxylation is 1. The smallest absolute Gasteiger partial charge is 0.279 e. The molecule has 0 spiro atoms. The fourth-order valence-electron chi connectivity index (χ4n) is 1.92. The highest BCUT2D eigenvalue weighted by Gasteiger charge is 2.17. The average Bonchev–Trinajstić information content (AvgIpc) is 2.54. The van der Waals surface area contributed by atoms with Gasteiger partial charge in [0.1, 0.15) is 11.5 Å². The van der Waals surface area contributed by atoms with Gasteiger partial charge < -0.3 is 9.84 Å². The van der Waals surface area contributed by atoms with Crippen LogP contribution in [0.25, 0.3) is 0 Å². The molecule has 0 aliphatic rings. The number of hydrogen-bond acceptors (Lipinski definition) is 4. The molecular formula is C17H17ClN2O4. The summed E-state index contributed by atoms with van der Waals surface area (Å²) >= 11 is 5.78. The van der Waals surface area contributed by atoms with Gasteiger partial charge in [0.15, 0.2) is 6.10 Å². The van der Waals surface area contributed by atoms with Crippen molar-refractivity contribution >= 4 is 23.4 Å². The highest BCUT2D eigenvalue weighted by molar-refractivity contribution is 6.31. The number of aromatic hydroxyl groups is 1. The summed E-state index contributed by atoms with van der Waals surface area (Å²) in [5.74, 6) is -0.913. The molecule has 2 aromatic rings. The van der Waals surface area contributed by atoms with E-state index in [0.29, 0.717) is 10.8 Å². The van der Waals surface area contributed by atoms with Crippen LogP contribution in [0.1, 0.15) is 22.8 Å². The van der Waals surface area contributed by atoms with Crippen LogP contribution in [0.3, 0.4) is 0 Å². The normalized spacial score (nSPS) is 11.5. The fraction of sp³-hybridized carbons (Fsp3) is 0.176. The van der Waals surface area contributed by atoms with Gasteiger partial charge in [-0.1, -0.05) is 23.7 Å². The maximum absolute atomic E-state index is 12.0. The third kappa shape index (κ3) is 4.63. The number of carbonyl (C=O) groups is 2. The SMILES string of the molecule is Cc1cccc(OC(C)C(=O)NNC(=O)c2cc(Cl)ccc2O)c1. The van der Waals surface area contributed by atoms with Crippen molar-refractivity contribution in [3.8, 4) is 11.5 Å². The van der Waals surface area contributed by atoms with Crippen LogP contribution in [-0.4, -0.2) is 23.0 Å². The number of ether oxygens (including phenoxy) is 1. The number of hydrogen-bond donors (Lipinski definition) is 3. The second-order valence-corrected chi connectivity index (χ2v) is 5.62. The van der Waals surface area contributed by atoms with Crippen molar-refractivity contribution < 1.29 is 19.4 Å². The van der Waals surface area contributed by atoms with E-state index in [1.807, 2.05) is 19.1 Å². The van der Waals surface area contributed by atoms with E-state index >= 15 is 0 Å². The molecule has 0 heterocycles. The molecule has 0 aliphatic carbocycles. The molecule has 2 aromatic carbocycles. The number of carbonyl (C=O) groups excluding carboxylic acids is 2. The first-order valence-corrected chi connectivity index (χ1v) is 7.56. The lowest BCUT2D eigenvalue weighted by Gasteiger charge is -2.15. The van der Waals surface area contributed by atoms with Crippen molar-refractivity contribution in [1.82, 2.24) is 10.9 Å². The quantitative estimate of drug-likeness (QED) is 0.741. The Kier molecular flexibility index (Phi) is 5.65. The molecule has 0 aliphatic heterocycles. The van der Waals surface area contributed by atoms with Gasteiger partial charge in [-0.05, 0) is 49.7 Å². The third-order valence-electron chi connectivity index (χ3n) is 3.17. The maximum atomic E-state index is 12.0. The van der Waals surface area contributed by atoms with E-state index < -0.39 is 17.9 Å². The Hall–Kier alpha value is -2.73. The lowest BCUT2D eigenvalue weighted by molar-refractivity contribution is -0.128. The van der Waals surface area contributed by atoms with E-state index in [1.165, 1.54) is 18.2 Å². The van der Waals surface area contributed by atoms with Crippen LogP contribution in [0.4, 0.5) is 0 Å². The molecule has 0 saturated heterocycles. The number of halogens is 1. The van der Waals surface area contributed by atoms with Crippen molar-refractivity contribution in [3.05, 3.63) is 58.6 Å². The Bertz CT molecular complexity index is 764. The second-order valence-electron chi connectivity index (χ2n) is 5.18. The van der Waals surface area contributed by atoms with Gasteiger partial charge in [-0.25, -0.2) is 0 Å². The van der Waals surface area contributed by atoms with Crippen LogP contribution in [0.2, 0.25) is 5.02 Å². The van der Waals surface area contributed by atoms with Crippen LogP contribution in [0, 0.1) is 6.92 Å². The largest absolute Gasteiger partial charge is 0.507 e. The predicted molar refractivity (Wildman–Crippen MR) is 90.0 cm³/mol. The van der Waals surface area contributed by atoms with Gasteiger partial charge in [0, 0.05) is 5.02 Å². The summed E-state index contributed by atoms with van der Waals surface area (Å²) in [6, 6.07) is 11.3. The van der Waals surface area contributed by atoms with Crippen molar-refractivity contribution in [3.63, 3.8) is 0 Å². The molecule has 126 valence electrons. The Labute approximate surface area is 144 Å². The van der Waals surface area contributed by atoms with Crippen molar-refractivity contribution in [2.24, 2.45) is 0 Å². The zero-order valence-corrected chi connectivity index (χ0v) is 13.9. The first kappa shape index (κ1) is 17.6. The van der Waals surface area contributed by atoms with Crippen LogP contribution < -0.4 is 15.6 Å². The number of amides is 2. The van der Waals surface area contributed by atoms with E-state index in [9.17, 15) is 14.7 Å². The molecule has 24 heavy (non-hydrogen) atoms. The highest BCUT2D eigenvalue weighted by Crippen LogP contribution is 2.21. The number of phenolic OH excluding ortho intramolecular Hbond substituents is 1. The first-order chi connectivity index (χ1) is 11.4. The second kappa shape index (κ2) is 7.70. The lowest BCUT2D eigenvalue weighted by Crippen LogP contribution is -2.47. The number of phenols is 1. The van der Waals surface area contributed by atoms with Gasteiger partial charge in [-0.3, -0.25) is 20.4 Å².